The van der Waals surface area contributed by atoms with Gasteiger partial charge in [0.1, 0.15) is 11.5 Å². The van der Waals surface area contributed by atoms with Crippen molar-refractivity contribution in [3.63, 3.8) is 0 Å². The van der Waals surface area contributed by atoms with Crippen molar-refractivity contribution in [3.8, 4) is 11.3 Å². The third-order valence-electron chi connectivity index (χ3n) is 2.94. The van der Waals surface area contributed by atoms with Crippen molar-refractivity contribution in [3.05, 3.63) is 57.8 Å². The molecule has 0 fully saturated rings. The third-order valence-corrected chi connectivity index (χ3v) is 3.44. The molecule has 2 aromatic heterocycles. The summed E-state index contributed by atoms with van der Waals surface area (Å²) in [5.41, 5.74) is 0.734. The summed E-state index contributed by atoms with van der Waals surface area (Å²) in [4.78, 5) is 0. The molecule has 1 aromatic carbocycles. The van der Waals surface area contributed by atoms with E-state index >= 15 is 0 Å². The van der Waals surface area contributed by atoms with Crippen molar-refractivity contribution in [2.75, 3.05) is 0 Å². The van der Waals surface area contributed by atoms with E-state index in [1.807, 2.05) is 0 Å². The van der Waals surface area contributed by atoms with Crippen LogP contribution in [0, 0.1) is 4.77 Å². The van der Waals surface area contributed by atoms with Gasteiger partial charge in [-0.3, -0.25) is 0 Å². The lowest BCUT2D eigenvalue weighted by Crippen LogP contribution is -2.12. The van der Waals surface area contributed by atoms with Crippen LogP contribution >= 0.6 is 23.8 Å². The van der Waals surface area contributed by atoms with Crippen molar-refractivity contribution in [1.29, 1.82) is 0 Å². The monoisotopic (exact) mass is 372 g/mol. The van der Waals surface area contributed by atoms with E-state index in [0.29, 0.717) is 15.5 Å². The van der Waals surface area contributed by atoms with E-state index in [-0.39, 0.29) is 10.5 Å². The Bertz CT molecular complexity index is 957. The first-order valence-electron chi connectivity index (χ1n) is 6.49. The molecule has 0 aliphatic heterocycles. The Morgan fingerprint density at radius 3 is 2.79 bits per heavy atom. The minimum atomic E-state index is -4.68. The molecule has 2 heterocycles. The largest absolute Gasteiger partial charge is 0.455 e. The molecule has 0 saturated carbocycles. The number of halogens is 4. The number of nitrogens with zero attached hydrogens (tertiary/aromatic N) is 3. The Labute approximate surface area is 143 Å². The quantitative estimate of drug-likeness (QED) is 0.533. The molecule has 0 aliphatic rings. The zero-order chi connectivity index (χ0) is 17.3. The molecule has 1 N–H and O–H groups in total. The van der Waals surface area contributed by atoms with Crippen LogP contribution in [-0.4, -0.2) is 21.1 Å². The zero-order valence-corrected chi connectivity index (χ0v) is 13.3. The molecule has 24 heavy (non-hydrogen) atoms. The van der Waals surface area contributed by atoms with Crippen LogP contribution in [-0.2, 0) is 6.18 Å². The number of aromatic amines is 1. The molecule has 0 radical (unpaired) electrons. The topological polar surface area (TPSA) is 59.1 Å². The summed E-state index contributed by atoms with van der Waals surface area (Å²) in [5, 5.41) is 9.40. The van der Waals surface area contributed by atoms with E-state index in [1.54, 1.807) is 36.4 Å². The predicted molar refractivity (Wildman–Crippen MR) is 84.6 cm³/mol. The highest BCUT2D eigenvalue weighted by Gasteiger charge is 2.37. The van der Waals surface area contributed by atoms with Crippen molar-refractivity contribution in [2.24, 2.45) is 5.10 Å². The summed E-state index contributed by atoms with van der Waals surface area (Å²) in [7, 11) is 0. The maximum absolute atomic E-state index is 12.8. The summed E-state index contributed by atoms with van der Waals surface area (Å²) in [6, 6.07) is 10.2. The van der Waals surface area contributed by atoms with Gasteiger partial charge in [0.15, 0.2) is 0 Å². The molecular formula is C14H8ClF3N4OS. The van der Waals surface area contributed by atoms with Gasteiger partial charge in [-0.2, -0.15) is 22.9 Å². The highest BCUT2D eigenvalue weighted by Crippen LogP contribution is 2.27. The molecule has 0 spiro atoms. The molecule has 0 bridgehead atoms. The fraction of sp³-hybridized carbons (Fsp3) is 0.0714. The molecule has 124 valence electrons. The normalized spacial score (nSPS) is 12.2. The Balaban J connectivity index is 1.90. The number of benzene rings is 1. The molecule has 10 heteroatoms. The van der Waals surface area contributed by atoms with Gasteiger partial charge in [-0.1, -0.05) is 23.7 Å². The number of alkyl halides is 3. The van der Waals surface area contributed by atoms with Gasteiger partial charge in [-0.05, 0) is 36.5 Å². The molecule has 0 unspecified atom stereocenters. The van der Waals surface area contributed by atoms with E-state index in [1.165, 1.54) is 0 Å². The number of H-pyrrole nitrogens is 1. The van der Waals surface area contributed by atoms with Crippen molar-refractivity contribution < 1.29 is 17.6 Å². The van der Waals surface area contributed by atoms with Gasteiger partial charge >= 0.3 is 6.18 Å². The minimum absolute atomic E-state index is 0.251. The lowest BCUT2D eigenvalue weighted by Gasteiger charge is -2.03. The minimum Gasteiger partial charge on any atom is -0.455 e. The van der Waals surface area contributed by atoms with Crippen LogP contribution in [0.15, 0.2) is 45.9 Å². The second-order valence-corrected chi connectivity index (χ2v) is 5.44. The standard InChI is InChI=1S/C14H8ClF3N4OS/c15-9-3-1-2-8(6-9)11-5-4-10(23-11)7-19-22-12(14(16,17)18)20-21-13(22)24/h1-7H,(H,21,24)/b19-7+. The smallest absolute Gasteiger partial charge is 0.453 e. The van der Waals surface area contributed by atoms with Gasteiger partial charge in [0.25, 0.3) is 5.82 Å². The van der Waals surface area contributed by atoms with Gasteiger partial charge in [0.05, 0.1) is 6.21 Å². The molecule has 0 aliphatic carbocycles. The lowest BCUT2D eigenvalue weighted by atomic mass is 10.2. The molecule has 3 rings (SSSR count). The number of hydrogen-bond donors (Lipinski definition) is 1. The first kappa shape index (κ1) is 16.5. The average Bonchev–Trinajstić information content (AvgIpc) is 3.11. The summed E-state index contributed by atoms with van der Waals surface area (Å²) in [6.45, 7) is 0. The van der Waals surface area contributed by atoms with Gasteiger partial charge in [-0.25, -0.2) is 5.10 Å². The Morgan fingerprint density at radius 1 is 1.29 bits per heavy atom. The second-order valence-electron chi connectivity index (χ2n) is 4.62. The Kier molecular flexibility index (Phi) is 4.29. The third kappa shape index (κ3) is 3.41. The van der Waals surface area contributed by atoms with Crippen LogP contribution in [0.4, 0.5) is 13.2 Å². The van der Waals surface area contributed by atoms with Crippen LogP contribution < -0.4 is 0 Å². The van der Waals surface area contributed by atoms with Gasteiger partial charge in [-0.15, -0.1) is 5.10 Å². The number of furan rings is 1. The van der Waals surface area contributed by atoms with Crippen LogP contribution in [0.2, 0.25) is 5.02 Å². The van der Waals surface area contributed by atoms with Crippen molar-refractivity contribution in [2.45, 2.75) is 6.18 Å². The zero-order valence-electron chi connectivity index (χ0n) is 11.7. The Hall–Kier alpha value is -2.39. The summed E-state index contributed by atoms with van der Waals surface area (Å²) < 4.78 is 44.1. The number of hydrogen-bond acceptors (Lipinski definition) is 4. The van der Waals surface area contributed by atoms with Gasteiger partial charge in [0.2, 0.25) is 4.77 Å². The van der Waals surface area contributed by atoms with E-state index in [4.69, 9.17) is 28.2 Å². The number of nitrogens with one attached hydrogen (secondary N) is 1. The van der Waals surface area contributed by atoms with Gasteiger partial charge in [0, 0.05) is 10.6 Å². The predicted octanol–water partition coefficient (Wildman–Crippen LogP) is 4.76. The highest BCUT2D eigenvalue weighted by atomic mass is 35.5. The van der Waals surface area contributed by atoms with Crippen molar-refractivity contribution in [1.82, 2.24) is 14.9 Å². The van der Waals surface area contributed by atoms with E-state index in [9.17, 15) is 13.2 Å². The second kappa shape index (κ2) is 6.25. The lowest BCUT2D eigenvalue weighted by molar-refractivity contribution is -0.147. The molecule has 3 aromatic rings. The fourth-order valence-corrected chi connectivity index (χ4v) is 2.29. The van der Waals surface area contributed by atoms with E-state index in [0.717, 1.165) is 11.8 Å². The first-order chi connectivity index (χ1) is 11.3. The molecule has 5 nitrogen and oxygen atoms in total. The van der Waals surface area contributed by atoms with E-state index in [2.05, 4.69) is 15.3 Å². The first-order valence-corrected chi connectivity index (χ1v) is 7.28. The summed E-state index contributed by atoms with van der Waals surface area (Å²) in [5.74, 6) is -0.489. The number of aromatic nitrogens is 3. The van der Waals surface area contributed by atoms with Crippen molar-refractivity contribution >= 4 is 30.0 Å². The molecule has 0 amide bonds. The highest BCUT2D eigenvalue weighted by molar-refractivity contribution is 7.71. The molecule has 0 saturated heterocycles. The maximum Gasteiger partial charge on any atom is 0.453 e. The van der Waals surface area contributed by atoms with Gasteiger partial charge < -0.3 is 4.42 Å². The summed E-state index contributed by atoms with van der Waals surface area (Å²) in [6.07, 6.45) is -3.56. The Morgan fingerprint density at radius 2 is 2.08 bits per heavy atom. The van der Waals surface area contributed by atoms with Crippen LogP contribution in [0.1, 0.15) is 11.6 Å². The average molecular weight is 373 g/mol. The molecule has 0 atom stereocenters. The SMILES string of the molecule is FC(F)(F)c1n[nH]c(=S)n1/N=C/c1ccc(-c2cccc(Cl)c2)o1. The summed E-state index contributed by atoms with van der Waals surface area (Å²) >= 11 is 10.6. The fourth-order valence-electron chi connectivity index (χ4n) is 1.92. The number of rotatable bonds is 3. The maximum atomic E-state index is 12.8. The van der Waals surface area contributed by atoms with Crippen LogP contribution in [0.5, 0.6) is 0 Å². The molecular weight excluding hydrogens is 365 g/mol. The van der Waals surface area contributed by atoms with Crippen LogP contribution in [0.25, 0.3) is 11.3 Å². The van der Waals surface area contributed by atoms with Crippen LogP contribution in [0.3, 0.4) is 0 Å². The van der Waals surface area contributed by atoms with E-state index < -0.39 is 12.0 Å².